The molecule has 42 heavy (non-hydrogen) atoms. The molecule has 4 heterocycles. The van der Waals surface area contributed by atoms with E-state index in [0.717, 1.165) is 11.1 Å². The summed E-state index contributed by atoms with van der Waals surface area (Å²) >= 11 is 0. The van der Waals surface area contributed by atoms with Crippen molar-refractivity contribution in [2.24, 2.45) is 11.8 Å². The Kier molecular flexibility index (Phi) is 7.09. The van der Waals surface area contributed by atoms with E-state index in [1.807, 2.05) is 54.6 Å². The average Bonchev–Trinajstić information content (AvgIpc) is 3.51. The molecule has 8 nitrogen and oxygen atoms in total. The highest BCUT2D eigenvalue weighted by Crippen LogP contribution is 2.52. The second-order valence-electron chi connectivity index (χ2n) is 13.0. The van der Waals surface area contributed by atoms with Crippen LogP contribution in [-0.4, -0.2) is 40.8 Å². The summed E-state index contributed by atoms with van der Waals surface area (Å²) in [5.74, 6) is -0.851. The van der Waals surface area contributed by atoms with Crippen molar-refractivity contribution in [3.05, 3.63) is 95.9 Å². The molecule has 4 aliphatic rings. The van der Waals surface area contributed by atoms with Gasteiger partial charge in [-0.25, -0.2) is 4.79 Å². The second-order valence-corrected chi connectivity index (χ2v) is 21.9. The van der Waals surface area contributed by atoms with Crippen molar-refractivity contribution >= 4 is 28.6 Å². The van der Waals surface area contributed by atoms with Crippen LogP contribution in [0.5, 0.6) is 11.5 Å². The fraction of sp³-hybridized carbons (Fsp3) is 0.375. The van der Waals surface area contributed by atoms with Gasteiger partial charge in [0.25, 0.3) is 11.9 Å². The monoisotopic (exact) mass is 604 g/mol. The van der Waals surface area contributed by atoms with Crippen LogP contribution in [0.4, 0.5) is 0 Å². The molecule has 4 aliphatic heterocycles. The lowest BCUT2D eigenvalue weighted by Crippen LogP contribution is -2.45. The molecule has 0 saturated heterocycles. The van der Waals surface area contributed by atoms with Crippen LogP contribution in [0.3, 0.4) is 0 Å². The zero-order valence-corrected chi connectivity index (χ0v) is 26.7. The highest BCUT2D eigenvalue weighted by atomic mass is 28.4. The topological polar surface area (TPSA) is 89.5 Å². The number of para-hydroxylation sites is 2. The molecule has 6 unspecified atom stereocenters. The zero-order chi connectivity index (χ0) is 29.8. The van der Waals surface area contributed by atoms with Crippen LogP contribution in [0, 0.1) is 11.8 Å². The molecular formula is C32H36O8Si2. The smallest absolute Gasteiger partial charge is 0.331 e. The second kappa shape index (κ2) is 10.5. The third-order valence-electron chi connectivity index (χ3n) is 7.52. The summed E-state index contributed by atoms with van der Waals surface area (Å²) in [5.41, 5.74) is 1.73. The maximum Gasteiger partial charge on any atom is 0.331 e. The Morgan fingerprint density at radius 3 is 1.95 bits per heavy atom. The Labute approximate surface area is 248 Å². The van der Waals surface area contributed by atoms with Crippen molar-refractivity contribution in [2.75, 3.05) is 0 Å². The molecule has 0 aromatic heterocycles. The van der Waals surface area contributed by atoms with Gasteiger partial charge in [-0.05, 0) is 57.5 Å². The normalized spacial score (nSPS) is 28.3. The Hall–Kier alpha value is -3.77. The lowest BCUT2D eigenvalue weighted by atomic mass is 9.69. The molecule has 0 spiro atoms. The number of ether oxygens (including phenoxy) is 4. The van der Waals surface area contributed by atoms with Crippen LogP contribution in [0.1, 0.15) is 23.0 Å². The lowest BCUT2D eigenvalue weighted by Gasteiger charge is -2.40. The first kappa shape index (κ1) is 28.4. The predicted molar refractivity (Wildman–Crippen MR) is 161 cm³/mol. The highest BCUT2D eigenvalue weighted by molar-refractivity contribution is 6.70. The fourth-order valence-corrected chi connectivity index (χ4v) is 7.50. The van der Waals surface area contributed by atoms with E-state index in [-0.39, 0.29) is 5.92 Å². The summed E-state index contributed by atoms with van der Waals surface area (Å²) in [6.45, 7) is 12.5. The minimum atomic E-state index is -2.07. The van der Waals surface area contributed by atoms with E-state index in [1.54, 1.807) is 12.1 Å². The molecule has 0 amide bonds. The molecule has 2 aromatic rings. The number of hydrogen-bond donors (Lipinski definition) is 0. The van der Waals surface area contributed by atoms with E-state index >= 15 is 0 Å². The van der Waals surface area contributed by atoms with Gasteiger partial charge in [-0.3, -0.25) is 4.79 Å². The van der Waals surface area contributed by atoms with Crippen molar-refractivity contribution in [3.63, 3.8) is 0 Å². The van der Waals surface area contributed by atoms with Gasteiger partial charge in [0.05, 0.1) is 11.8 Å². The summed E-state index contributed by atoms with van der Waals surface area (Å²) in [5, 5.41) is 0. The SMILES string of the molecule is C[Si](C)(C)OC1=CC(C2OC(O[Si](C)(C)C)=CC2C2C(=O)Oc3ccccc3C2C2C=CC(=O)O2)c2ccccc2O1. The van der Waals surface area contributed by atoms with Gasteiger partial charge in [0.2, 0.25) is 16.6 Å². The van der Waals surface area contributed by atoms with E-state index in [1.165, 1.54) is 6.08 Å². The van der Waals surface area contributed by atoms with Gasteiger partial charge in [0, 0.05) is 41.2 Å². The van der Waals surface area contributed by atoms with Crippen LogP contribution in [-0.2, 0) is 27.9 Å². The van der Waals surface area contributed by atoms with Crippen LogP contribution in [0.15, 0.2) is 84.7 Å². The van der Waals surface area contributed by atoms with E-state index in [9.17, 15) is 9.59 Å². The molecule has 0 N–H and O–H groups in total. The van der Waals surface area contributed by atoms with Crippen LogP contribution >= 0.6 is 0 Å². The highest BCUT2D eigenvalue weighted by Gasteiger charge is 2.54. The van der Waals surface area contributed by atoms with Crippen molar-refractivity contribution in [1.29, 1.82) is 0 Å². The summed E-state index contributed by atoms with van der Waals surface area (Å²) in [6.07, 6.45) is 5.84. The van der Waals surface area contributed by atoms with Gasteiger partial charge in [-0.1, -0.05) is 36.4 Å². The zero-order valence-electron chi connectivity index (χ0n) is 24.7. The number of fused-ring (bicyclic) bond motifs is 2. The number of esters is 2. The number of rotatable bonds is 7. The van der Waals surface area contributed by atoms with Gasteiger partial charge in [0.1, 0.15) is 23.7 Å². The minimum Gasteiger partial charge on any atom is -0.520 e. The fourth-order valence-electron chi connectivity index (χ4n) is 6.06. The van der Waals surface area contributed by atoms with Crippen molar-refractivity contribution in [2.45, 2.75) is 63.3 Å². The summed E-state index contributed by atoms with van der Waals surface area (Å²) in [6, 6.07) is 15.2. The molecule has 0 saturated carbocycles. The standard InChI is InChI=1S/C32H36O8Si2/c1-41(2,3)39-27-17-21(19-11-7-9-13-23(19)36-27)31-22(18-28(38-31)40-42(4,5)6)30-29(25-15-16-26(33)35-25)20-12-8-10-14-24(20)37-32(30)34/h7-18,21-22,25,29-31H,1-6H3. The first-order valence-electron chi connectivity index (χ1n) is 14.3. The maximum absolute atomic E-state index is 13.9. The van der Waals surface area contributed by atoms with Gasteiger partial charge in [0.15, 0.2) is 0 Å². The average molecular weight is 605 g/mol. The van der Waals surface area contributed by atoms with Gasteiger partial charge < -0.3 is 27.8 Å². The Morgan fingerprint density at radius 1 is 0.690 bits per heavy atom. The van der Waals surface area contributed by atoms with Gasteiger partial charge >= 0.3 is 11.9 Å². The van der Waals surface area contributed by atoms with Gasteiger partial charge in [-0.2, -0.15) is 0 Å². The van der Waals surface area contributed by atoms with Gasteiger partial charge in [-0.15, -0.1) is 0 Å². The molecule has 6 rings (SSSR count). The summed E-state index contributed by atoms with van der Waals surface area (Å²) in [7, 11) is -4.08. The van der Waals surface area contributed by atoms with Crippen LogP contribution in [0.25, 0.3) is 0 Å². The Morgan fingerprint density at radius 2 is 1.31 bits per heavy atom. The van der Waals surface area contributed by atoms with Crippen LogP contribution < -0.4 is 9.47 Å². The van der Waals surface area contributed by atoms with Crippen molar-refractivity contribution < 1.29 is 37.4 Å². The van der Waals surface area contributed by atoms with E-state index < -0.39 is 58.5 Å². The number of benzene rings is 2. The molecule has 0 bridgehead atoms. The largest absolute Gasteiger partial charge is 0.520 e. The quantitative estimate of drug-likeness (QED) is 0.205. The maximum atomic E-state index is 13.9. The lowest BCUT2D eigenvalue weighted by molar-refractivity contribution is -0.150. The summed E-state index contributed by atoms with van der Waals surface area (Å²) in [4.78, 5) is 26.2. The first-order chi connectivity index (χ1) is 19.9. The van der Waals surface area contributed by atoms with E-state index in [4.69, 9.17) is 27.8 Å². The number of cyclic esters (lactones) is 1. The molecule has 0 aliphatic carbocycles. The van der Waals surface area contributed by atoms with Crippen LogP contribution in [0.2, 0.25) is 39.3 Å². The molecule has 6 atom stereocenters. The summed E-state index contributed by atoms with van der Waals surface area (Å²) < 4.78 is 37.2. The number of hydrogen-bond acceptors (Lipinski definition) is 8. The first-order valence-corrected chi connectivity index (χ1v) is 21.1. The number of carbonyl (C=O) groups is 2. The Balaban J connectivity index is 1.47. The Bertz CT molecular complexity index is 1500. The molecule has 10 heteroatoms. The third kappa shape index (κ3) is 5.65. The molecular weight excluding hydrogens is 569 g/mol. The van der Waals surface area contributed by atoms with Crippen molar-refractivity contribution in [1.82, 2.24) is 0 Å². The van der Waals surface area contributed by atoms with Crippen molar-refractivity contribution in [3.8, 4) is 11.5 Å². The third-order valence-corrected chi connectivity index (χ3v) is 9.15. The van der Waals surface area contributed by atoms with E-state index in [2.05, 4.69) is 39.3 Å². The molecule has 220 valence electrons. The minimum absolute atomic E-state index is 0.322. The number of carbonyl (C=O) groups excluding carboxylic acids is 2. The molecule has 0 fully saturated rings. The van der Waals surface area contributed by atoms with E-state index in [0.29, 0.717) is 23.4 Å². The predicted octanol–water partition coefficient (Wildman–Crippen LogP) is 6.36. The molecule has 0 radical (unpaired) electrons. The molecule has 2 aromatic carbocycles.